The fourth-order valence-electron chi connectivity index (χ4n) is 2.88. The van der Waals surface area contributed by atoms with E-state index in [0.717, 1.165) is 17.4 Å². The fraction of sp³-hybridized carbons (Fsp3) is 0.316. The minimum Gasteiger partial charge on any atom is -0.441 e. The summed E-state index contributed by atoms with van der Waals surface area (Å²) in [6.07, 6.45) is 1.50. The van der Waals surface area contributed by atoms with Crippen molar-refractivity contribution in [2.75, 3.05) is 16.3 Å². The van der Waals surface area contributed by atoms with Crippen molar-refractivity contribution in [2.45, 2.75) is 26.9 Å². The molecule has 170 valence electrons. The van der Waals surface area contributed by atoms with Crippen molar-refractivity contribution in [1.29, 1.82) is 0 Å². The number of rotatable bonds is 6. The molecule has 0 saturated carbocycles. The van der Waals surface area contributed by atoms with Gasteiger partial charge in [0.25, 0.3) is 0 Å². The number of aryl methyl sites for hydroxylation is 3. The number of pyridine rings is 2. The van der Waals surface area contributed by atoms with Crippen LogP contribution in [0, 0.1) is 13.8 Å². The first kappa shape index (κ1) is 23.6. The van der Waals surface area contributed by atoms with Gasteiger partial charge >= 0.3 is 6.09 Å². The number of anilines is 2. The smallest absolute Gasteiger partial charge is 0.413 e. The molecule has 0 radical (unpaired) electrons. The van der Waals surface area contributed by atoms with Crippen molar-refractivity contribution < 1.29 is 17.9 Å². The number of carbonyl (C=O) groups is 1. The summed E-state index contributed by atoms with van der Waals surface area (Å²) in [6.45, 7) is 5.29. The zero-order chi connectivity index (χ0) is 23.6. The Morgan fingerprint density at radius 2 is 2.00 bits per heavy atom. The largest absolute Gasteiger partial charge is 0.441 e. The van der Waals surface area contributed by atoms with Gasteiger partial charge in [0.2, 0.25) is 10.0 Å². The maximum atomic E-state index is 12.6. The minimum atomic E-state index is -3.44. The van der Waals surface area contributed by atoms with Crippen molar-refractivity contribution in [1.82, 2.24) is 25.0 Å². The van der Waals surface area contributed by atoms with Gasteiger partial charge in [0.1, 0.15) is 10.7 Å². The molecule has 0 aromatic carbocycles. The van der Waals surface area contributed by atoms with Crippen molar-refractivity contribution in [3.05, 3.63) is 45.8 Å². The SMILES string of the molecule is Cc1cnc(Br)c(C(C)OC(=O)Nc2c(-c3ccc(NS(C)(=O)=O)c(C)n3)nnn2C)c1. The van der Waals surface area contributed by atoms with Gasteiger partial charge in [0, 0.05) is 18.8 Å². The quantitative estimate of drug-likeness (QED) is 0.468. The van der Waals surface area contributed by atoms with Gasteiger partial charge in [0.15, 0.2) is 11.5 Å². The molecule has 11 nitrogen and oxygen atoms in total. The van der Waals surface area contributed by atoms with E-state index in [-0.39, 0.29) is 5.82 Å². The van der Waals surface area contributed by atoms with E-state index in [4.69, 9.17) is 4.74 Å². The molecule has 0 aliphatic carbocycles. The Hall–Kier alpha value is -3.06. The molecule has 2 N–H and O–H groups in total. The highest BCUT2D eigenvalue weighted by atomic mass is 79.9. The third-order valence-corrected chi connectivity index (χ3v) is 5.65. The van der Waals surface area contributed by atoms with E-state index in [1.54, 1.807) is 39.2 Å². The van der Waals surface area contributed by atoms with Crippen molar-refractivity contribution >= 4 is 43.6 Å². The van der Waals surface area contributed by atoms with Crippen LogP contribution in [0.5, 0.6) is 0 Å². The van der Waals surface area contributed by atoms with Gasteiger partial charge in [-0.2, -0.15) is 0 Å². The maximum absolute atomic E-state index is 12.6. The number of sulfonamides is 1. The van der Waals surface area contributed by atoms with Crippen LogP contribution < -0.4 is 10.0 Å². The highest BCUT2D eigenvalue weighted by Crippen LogP contribution is 2.28. The lowest BCUT2D eigenvalue weighted by molar-refractivity contribution is 0.120. The minimum absolute atomic E-state index is 0.277. The summed E-state index contributed by atoms with van der Waals surface area (Å²) < 4.78 is 32.8. The lowest BCUT2D eigenvalue weighted by atomic mass is 10.1. The third-order valence-electron chi connectivity index (χ3n) is 4.40. The van der Waals surface area contributed by atoms with Crippen LogP contribution in [0.3, 0.4) is 0 Å². The number of nitrogens with one attached hydrogen (secondary N) is 2. The van der Waals surface area contributed by atoms with Gasteiger partial charge in [-0.3, -0.25) is 10.0 Å². The summed E-state index contributed by atoms with van der Waals surface area (Å²) in [5, 5.41) is 10.7. The maximum Gasteiger partial charge on any atom is 0.413 e. The van der Waals surface area contributed by atoms with Gasteiger partial charge in [-0.1, -0.05) is 5.21 Å². The van der Waals surface area contributed by atoms with Crippen LogP contribution in [0.2, 0.25) is 0 Å². The lowest BCUT2D eigenvalue weighted by Gasteiger charge is -2.16. The highest BCUT2D eigenvalue weighted by molar-refractivity contribution is 9.10. The number of hydrogen-bond donors (Lipinski definition) is 2. The molecule has 1 atom stereocenters. The molecule has 0 aliphatic heterocycles. The Kier molecular flexibility index (Phi) is 6.79. The first-order chi connectivity index (χ1) is 14.9. The van der Waals surface area contributed by atoms with Crippen LogP contribution in [0.1, 0.15) is 29.8 Å². The zero-order valence-corrected chi connectivity index (χ0v) is 20.4. The number of aromatic nitrogens is 5. The number of nitrogens with zero attached hydrogens (tertiary/aromatic N) is 5. The van der Waals surface area contributed by atoms with Gasteiger partial charge in [0.05, 0.1) is 23.3 Å². The van der Waals surface area contributed by atoms with E-state index in [2.05, 4.69) is 46.2 Å². The molecule has 0 bridgehead atoms. The first-order valence-corrected chi connectivity index (χ1v) is 12.1. The van der Waals surface area contributed by atoms with E-state index < -0.39 is 22.2 Å². The van der Waals surface area contributed by atoms with Crippen molar-refractivity contribution in [3.8, 4) is 11.4 Å². The molecular formula is C19H22BrN7O4S. The normalized spacial score (nSPS) is 12.3. The molecule has 0 fully saturated rings. The number of amides is 1. The molecule has 1 unspecified atom stereocenters. The molecule has 0 spiro atoms. The van der Waals surface area contributed by atoms with Crippen molar-refractivity contribution in [2.24, 2.45) is 7.05 Å². The molecule has 13 heteroatoms. The van der Waals surface area contributed by atoms with Gasteiger partial charge in [-0.05, 0) is 60.5 Å². The Bertz CT molecular complexity index is 1280. The second-order valence-electron chi connectivity index (χ2n) is 7.18. The van der Waals surface area contributed by atoms with Gasteiger partial charge in [-0.25, -0.2) is 27.9 Å². The number of carbonyl (C=O) groups excluding carboxylic acids is 1. The highest BCUT2D eigenvalue weighted by Gasteiger charge is 2.21. The molecular weight excluding hydrogens is 502 g/mol. The summed E-state index contributed by atoms with van der Waals surface area (Å²) >= 11 is 3.37. The molecule has 3 aromatic heterocycles. The summed E-state index contributed by atoms with van der Waals surface area (Å²) in [6, 6.07) is 5.03. The Morgan fingerprint density at radius 3 is 2.66 bits per heavy atom. The molecule has 32 heavy (non-hydrogen) atoms. The standard InChI is InChI=1S/C19H22BrN7O4S/c1-10-8-13(17(20)21-9-10)12(3)31-19(28)23-18-16(24-26-27(18)4)15-7-6-14(11(2)22-15)25-32(5,29)30/h6-9,12,25H,1-5H3,(H,23,28). The number of halogens is 1. The second-order valence-corrected chi connectivity index (χ2v) is 9.68. The second kappa shape index (κ2) is 9.20. The predicted molar refractivity (Wildman–Crippen MR) is 123 cm³/mol. The van der Waals surface area contributed by atoms with Crippen LogP contribution in [0.4, 0.5) is 16.3 Å². The topological polar surface area (TPSA) is 141 Å². The lowest BCUT2D eigenvalue weighted by Crippen LogP contribution is -2.19. The molecule has 1 amide bonds. The van der Waals surface area contributed by atoms with E-state index in [9.17, 15) is 13.2 Å². The third kappa shape index (κ3) is 5.59. The predicted octanol–water partition coefficient (Wildman–Crippen LogP) is 3.33. The molecule has 3 aromatic rings. The number of ether oxygens (including phenoxy) is 1. The fourth-order valence-corrected chi connectivity index (χ4v) is 4.04. The zero-order valence-electron chi connectivity index (χ0n) is 18.0. The van der Waals surface area contributed by atoms with E-state index in [1.165, 1.54) is 4.68 Å². The van der Waals surface area contributed by atoms with E-state index >= 15 is 0 Å². The molecule has 0 aliphatic rings. The Labute approximate surface area is 193 Å². The van der Waals surface area contributed by atoms with Crippen LogP contribution in [0.15, 0.2) is 29.0 Å². The van der Waals surface area contributed by atoms with Crippen LogP contribution in [-0.4, -0.2) is 45.7 Å². The molecule has 3 heterocycles. The monoisotopic (exact) mass is 523 g/mol. The summed E-state index contributed by atoms with van der Waals surface area (Å²) in [7, 11) is -1.83. The van der Waals surface area contributed by atoms with Gasteiger partial charge < -0.3 is 4.74 Å². The van der Waals surface area contributed by atoms with Crippen LogP contribution in [-0.2, 0) is 21.8 Å². The molecule has 0 saturated heterocycles. The summed E-state index contributed by atoms with van der Waals surface area (Å²) in [5.74, 6) is 0.277. The average molecular weight is 524 g/mol. The number of hydrogen-bond acceptors (Lipinski definition) is 8. The molecule has 3 rings (SSSR count). The first-order valence-electron chi connectivity index (χ1n) is 9.39. The van der Waals surface area contributed by atoms with E-state index in [0.29, 0.717) is 27.4 Å². The van der Waals surface area contributed by atoms with Crippen LogP contribution in [0.25, 0.3) is 11.4 Å². The van der Waals surface area contributed by atoms with Crippen molar-refractivity contribution in [3.63, 3.8) is 0 Å². The average Bonchev–Trinajstić information content (AvgIpc) is 3.04. The summed E-state index contributed by atoms with van der Waals surface area (Å²) in [4.78, 5) is 21.2. The summed E-state index contributed by atoms with van der Waals surface area (Å²) in [5.41, 5.74) is 3.17. The van der Waals surface area contributed by atoms with Crippen LogP contribution >= 0.6 is 15.9 Å². The Morgan fingerprint density at radius 1 is 1.28 bits per heavy atom. The Balaban J connectivity index is 1.81. The van der Waals surface area contributed by atoms with Gasteiger partial charge in [-0.15, -0.1) is 5.10 Å². The van der Waals surface area contributed by atoms with E-state index in [1.807, 2.05) is 13.0 Å².